The van der Waals surface area contributed by atoms with E-state index in [0.717, 1.165) is 0 Å². The third-order valence-corrected chi connectivity index (χ3v) is 3.83. The van der Waals surface area contributed by atoms with Crippen LogP contribution in [0.15, 0.2) is 18.2 Å². The molecule has 6 heteroatoms. The molecule has 2 amide bonds. The molecule has 2 rings (SSSR count). The van der Waals surface area contributed by atoms with Crippen LogP contribution in [0.5, 0.6) is 0 Å². The summed E-state index contributed by atoms with van der Waals surface area (Å²) < 4.78 is 13.0. The first-order chi connectivity index (χ1) is 9.88. The number of benzene rings is 1. The molecule has 2 N–H and O–H groups in total. The first-order valence-corrected chi connectivity index (χ1v) is 6.93. The predicted octanol–water partition coefficient (Wildman–Crippen LogP) is 1.30. The lowest BCUT2D eigenvalue weighted by molar-refractivity contribution is -0.142. The number of carbonyl (C=O) groups is 2. The molecule has 0 saturated carbocycles. The number of amides is 2. The lowest BCUT2D eigenvalue weighted by atomic mass is 10.0. The summed E-state index contributed by atoms with van der Waals surface area (Å²) in [6.45, 7) is 4.18. The van der Waals surface area contributed by atoms with Gasteiger partial charge in [0.15, 0.2) is 0 Å². The number of hydrogen-bond donors (Lipinski definition) is 2. The van der Waals surface area contributed by atoms with Gasteiger partial charge in [0.2, 0.25) is 0 Å². The molecule has 2 atom stereocenters. The van der Waals surface area contributed by atoms with Gasteiger partial charge in [0.1, 0.15) is 5.82 Å². The Morgan fingerprint density at radius 2 is 2.19 bits per heavy atom. The van der Waals surface area contributed by atoms with Gasteiger partial charge in [-0.3, -0.25) is 9.59 Å². The second kappa shape index (κ2) is 6.22. The molecule has 0 bridgehead atoms. The van der Waals surface area contributed by atoms with Crippen molar-refractivity contribution in [2.75, 3.05) is 18.4 Å². The number of aryl methyl sites for hydroxylation is 1. The molecule has 5 nitrogen and oxygen atoms in total. The summed E-state index contributed by atoms with van der Waals surface area (Å²) in [5.41, 5.74) is 0.973. The zero-order valence-corrected chi connectivity index (χ0v) is 12.1. The summed E-state index contributed by atoms with van der Waals surface area (Å²) in [5, 5.41) is 12.0. The first kappa shape index (κ1) is 15.4. The predicted molar refractivity (Wildman–Crippen MR) is 76.1 cm³/mol. The van der Waals surface area contributed by atoms with Crippen LogP contribution in [-0.4, -0.2) is 41.0 Å². The van der Waals surface area contributed by atoms with Crippen LogP contribution in [0.25, 0.3) is 0 Å². The van der Waals surface area contributed by atoms with E-state index in [1.165, 1.54) is 23.1 Å². The second-order valence-corrected chi connectivity index (χ2v) is 5.45. The Kier molecular flexibility index (Phi) is 4.57. The second-order valence-electron chi connectivity index (χ2n) is 5.45. The molecule has 2 unspecified atom stereocenters. The van der Waals surface area contributed by atoms with Crippen molar-refractivity contribution in [3.05, 3.63) is 29.6 Å². The SMILES string of the molecule is Cc1cc(F)ccc1NC(=O)C(=O)N1CCC(C(C)O)C1. The van der Waals surface area contributed by atoms with Gasteiger partial charge >= 0.3 is 11.8 Å². The molecule has 1 saturated heterocycles. The highest BCUT2D eigenvalue weighted by molar-refractivity contribution is 6.39. The van der Waals surface area contributed by atoms with Crippen LogP contribution in [0, 0.1) is 18.7 Å². The lowest BCUT2D eigenvalue weighted by Crippen LogP contribution is -2.39. The Hall–Kier alpha value is -1.95. The normalized spacial score (nSPS) is 19.4. The highest BCUT2D eigenvalue weighted by atomic mass is 19.1. The van der Waals surface area contributed by atoms with Gasteiger partial charge in [0, 0.05) is 24.7 Å². The summed E-state index contributed by atoms with van der Waals surface area (Å²) in [6.07, 6.45) is 0.192. The molecule has 1 aromatic rings. The van der Waals surface area contributed by atoms with Crippen LogP contribution >= 0.6 is 0 Å². The van der Waals surface area contributed by atoms with E-state index in [-0.39, 0.29) is 5.92 Å². The molecule has 0 aliphatic carbocycles. The van der Waals surface area contributed by atoms with E-state index >= 15 is 0 Å². The molecule has 1 aliphatic rings. The zero-order valence-electron chi connectivity index (χ0n) is 12.1. The summed E-state index contributed by atoms with van der Waals surface area (Å²) in [4.78, 5) is 25.4. The number of rotatable bonds is 2. The fourth-order valence-corrected chi connectivity index (χ4v) is 2.45. The minimum Gasteiger partial charge on any atom is -0.393 e. The quantitative estimate of drug-likeness (QED) is 0.808. The average Bonchev–Trinajstić information content (AvgIpc) is 2.90. The maximum absolute atomic E-state index is 13.0. The Morgan fingerprint density at radius 3 is 2.76 bits per heavy atom. The number of nitrogens with one attached hydrogen (secondary N) is 1. The van der Waals surface area contributed by atoms with Crippen LogP contribution in [0.1, 0.15) is 18.9 Å². The molecular formula is C15H19FN2O3. The van der Waals surface area contributed by atoms with Gasteiger partial charge in [-0.15, -0.1) is 0 Å². The van der Waals surface area contributed by atoms with Gasteiger partial charge in [-0.25, -0.2) is 4.39 Å². The van der Waals surface area contributed by atoms with Gasteiger partial charge in [-0.1, -0.05) is 0 Å². The van der Waals surface area contributed by atoms with Crippen LogP contribution in [0.2, 0.25) is 0 Å². The van der Waals surface area contributed by atoms with Gasteiger partial charge in [-0.2, -0.15) is 0 Å². The zero-order chi connectivity index (χ0) is 15.6. The molecule has 1 heterocycles. The van der Waals surface area contributed by atoms with Crippen LogP contribution in [-0.2, 0) is 9.59 Å². The Bertz CT molecular complexity index is 560. The number of likely N-dealkylation sites (tertiary alicyclic amines) is 1. The van der Waals surface area contributed by atoms with E-state index < -0.39 is 23.7 Å². The topological polar surface area (TPSA) is 69.6 Å². The fraction of sp³-hybridized carbons (Fsp3) is 0.467. The van der Waals surface area contributed by atoms with Gasteiger partial charge in [0.25, 0.3) is 0 Å². The molecule has 21 heavy (non-hydrogen) atoms. The summed E-state index contributed by atoms with van der Waals surface area (Å²) in [5.74, 6) is -1.75. The van der Waals surface area contributed by atoms with Crippen molar-refractivity contribution < 1.29 is 19.1 Å². The molecule has 1 aromatic carbocycles. The molecule has 0 spiro atoms. The van der Waals surface area contributed by atoms with Crippen LogP contribution in [0.4, 0.5) is 10.1 Å². The maximum Gasteiger partial charge on any atom is 0.313 e. The molecule has 0 radical (unpaired) electrons. The number of aliphatic hydroxyl groups is 1. The number of hydrogen-bond acceptors (Lipinski definition) is 3. The average molecular weight is 294 g/mol. The van der Waals surface area contributed by atoms with E-state index in [0.29, 0.717) is 30.8 Å². The molecule has 1 aliphatic heterocycles. The van der Waals surface area contributed by atoms with E-state index in [4.69, 9.17) is 0 Å². The van der Waals surface area contributed by atoms with Crippen LogP contribution < -0.4 is 5.32 Å². The highest BCUT2D eigenvalue weighted by Crippen LogP contribution is 2.20. The van der Waals surface area contributed by atoms with Gasteiger partial charge in [-0.05, 0) is 44.0 Å². The fourth-order valence-electron chi connectivity index (χ4n) is 2.45. The highest BCUT2D eigenvalue weighted by Gasteiger charge is 2.32. The number of aliphatic hydroxyl groups excluding tert-OH is 1. The largest absolute Gasteiger partial charge is 0.393 e. The third-order valence-electron chi connectivity index (χ3n) is 3.83. The smallest absolute Gasteiger partial charge is 0.313 e. The summed E-state index contributed by atoms with van der Waals surface area (Å²) in [6, 6.07) is 3.95. The molecule has 0 aromatic heterocycles. The van der Waals surface area contributed by atoms with Crippen molar-refractivity contribution >= 4 is 17.5 Å². The number of anilines is 1. The summed E-state index contributed by atoms with van der Waals surface area (Å²) >= 11 is 0. The Labute approximate surface area is 122 Å². The third kappa shape index (κ3) is 3.58. The van der Waals surface area contributed by atoms with E-state index in [1.807, 2.05) is 0 Å². The summed E-state index contributed by atoms with van der Waals surface area (Å²) in [7, 11) is 0. The van der Waals surface area contributed by atoms with E-state index in [9.17, 15) is 19.1 Å². The van der Waals surface area contributed by atoms with E-state index in [2.05, 4.69) is 5.32 Å². The van der Waals surface area contributed by atoms with Crippen molar-refractivity contribution in [1.29, 1.82) is 0 Å². The standard InChI is InChI=1S/C15H19FN2O3/c1-9-7-12(16)3-4-13(9)17-14(20)15(21)18-6-5-11(8-18)10(2)19/h3-4,7,10-11,19H,5-6,8H2,1-2H3,(H,17,20). The molecule has 1 fully saturated rings. The van der Waals surface area contributed by atoms with Crippen molar-refractivity contribution in [2.45, 2.75) is 26.4 Å². The monoisotopic (exact) mass is 294 g/mol. The first-order valence-electron chi connectivity index (χ1n) is 6.93. The Morgan fingerprint density at radius 1 is 1.48 bits per heavy atom. The van der Waals surface area contributed by atoms with Crippen LogP contribution in [0.3, 0.4) is 0 Å². The number of carbonyl (C=O) groups excluding carboxylic acids is 2. The number of halogens is 1. The van der Waals surface area contributed by atoms with E-state index in [1.54, 1.807) is 13.8 Å². The minimum atomic E-state index is -0.740. The molecular weight excluding hydrogens is 275 g/mol. The maximum atomic E-state index is 13.0. The minimum absolute atomic E-state index is 0.00862. The lowest BCUT2D eigenvalue weighted by Gasteiger charge is -2.17. The van der Waals surface area contributed by atoms with Gasteiger partial charge in [0.05, 0.1) is 6.10 Å². The van der Waals surface area contributed by atoms with Crippen molar-refractivity contribution in [3.8, 4) is 0 Å². The van der Waals surface area contributed by atoms with Crippen molar-refractivity contribution in [2.24, 2.45) is 5.92 Å². The van der Waals surface area contributed by atoms with Crippen molar-refractivity contribution in [1.82, 2.24) is 4.90 Å². The number of nitrogens with zero attached hydrogens (tertiary/aromatic N) is 1. The van der Waals surface area contributed by atoms with Crippen molar-refractivity contribution in [3.63, 3.8) is 0 Å². The Balaban J connectivity index is 1.99. The molecule has 114 valence electrons. The van der Waals surface area contributed by atoms with Gasteiger partial charge < -0.3 is 15.3 Å².